The predicted molar refractivity (Wildman–Crippen MR) is 62.4 cm³/mol. The van der Waals surface area contributed by atoms with Crippen molar-refractivity contribution in [3.05, 3.63) is 12.2 Å². The highest BCUT2D eigenvalue weighted by atomic mass is 32.2. The Morgan fingerprint density at radius 3 is 2.50 bits per heavy atom. The number of carbonyl (C=O) groups is 1. The third-order valence-electron chi connectivity index (χ3n) is 2.07. The molecule has 1 unspecified atom stereocenters. The standard InChI is InChI=1S/C11H20O2S/c1-6-7-8-11(4,13-5)14-10(12)9(2)3/h2,6-8H2,1,3-5H3. The maximum atomic E-state index is 11.5. The summed E-state index contributed by atoms with van der Waals surface area (Å²) in [6.07, 6.45) is 3.07. The van der Waals surface area contributed by atoms with Crippen LogP contribution < -0.4 is 0 Å². The topological polar surface area (TPSA) is 26.3 Å². The molecule has 0 aliphatic carbocycles. The van der Waals surface area contributed by atoms with Crippen molar-refractivity contribution < 1.29 is 9.53 Å². The van der Waals surface area contributed by atoms with E-state index in [2.05, 4.69) is 13.5 Å². The van der Waals surface area contributed by atoms with Gasteiger partial charge < -0.3 is 4.74 Å². The molecule has 3 heteroatoms. The van der Waals surface area contributed by atoms with Crippen LogP contribution in [0.15, 0.2) is 12.2 Å². The van der Waals surface area contributed by atoms with Crippen LogP contribution in [0.2, 0.25) is 0 Å². The zero-order valence-electron chi connectivity index (χ0n) is 9.55. The lowest BCUT2D eigenvalue weighted by Gasteiger charge is -2.26. The van der Waals surface area contributed by atoms with E-state index in [-0.39, 0.29) is 5.12 Å². The van der Waals surface area contributed by atoms with Gasteiger partial charge in [0, 0.05) is 7.11 Å². The van der Waals surface area contributed by atoms with E-state index in [0.717, 1.165) is 19.3 Å². The van der Waals surface area contributed by atoms with Crippen LogP contribution in [0.4, 0.5) is 0 Å². The Morgan fingerprint density at radius 1 is 1.57 bits per heavy atom. The predicted octanol–water partition coefficient (Wildman–Crippen LogP) is 3.38. The fraction of sp³-hybridized carbons (Fsp3) is 0.727. The highest BCUT2D eigenvalue weighted by molar-refractivity contribution is 8.15. The minimum Gasteiger partial charge on any atom is -0.367 e. The summed E-state index contributed by atoms with van der Waals surface area (Å²) < 4.78 is 5.36. The zero-order valence-corrected chi connectivity index (χ0v) is 10.4. The fourth-order valence-corrected chi connectivity index (χ4v) is 1.87. The second-order valence-electron chi connectivity index (χ2n) is 3.61. The van der Waals surface area contributed by atoms with Crippen molar-refractivity contribution >= 4 is 16.9 Å². The summed E-state index contributed by atoms with van der Waals surface area (Å²) in [5, 5.41) is 0.0189. The number of unbranched alkanes of at least 4 members (excludes halogenated alkanes) is 1. The second kappa shape index (κ2) is 6.25. The first-order valence-corrected chi connectivity index (χ1v) is 5.71. The first-order chi connectivity index (χ1) is 6.45. The van der Waals surface area contributed by atoms with Crippen molar-refractivity contribution in [1.82, 2.24) is 0 Å². The highest BCUT2D eigenvalue weighted by Gasteiger charge is 2.27. The van der Waals surface area contributed by atoms with Crippen molar-refractivity contribution in [2.75, 3.05) is 7.11 Å². The van der Waals surface area contributed by atoms with Gasteiger partial charge in [-0.1, -0.05) is 19.9 Å². The molecule has 0 aromatic carbocycles. The first-order valence-electron chi connectivity index (χ1n) is 4.89. The van der Waals surface area contributed by atoms with Crippen LogP contribution in [0, 0.1) is 0 Å². The average Bonchev–Trinajstić information content (AvgIpc) is 2.14. The number of methoxy groups -OCH3 is 1. The minimum absolute atomic E-state index is 0.0189. The molecule has 0 saturated heterocycles. The molecule has 0 radical (unpaired) electrons. The molecule has 0 fully saturated rings. The number of hydrogen-bond acceptors (Lipinski definition) is 3. The van der Waals surface area contributed by atoms with E-state index in [1.54, 1.807) is 14.0 Å². The third-order valence-corrected chi connectivity index (χ3v) is 3.41. The highest BCUT2D eigenvalue weighted by Crippen LogP contribution is 2.33. The molecule has 0 bridgehead atoms. The second-order valence-corrected chi connectivity index (χ2v) is 5.05. The fourth-order valence-electron chi connectivity index (χ4n) is 0.976. The zero-order chi connectivity index (χ0) is 11.2. The van der Waals surface area contributed by atoms with Crippen molar-refractivity contribution in [3.63, 3.8) is 0 Å². The summed E-state index contributed by atoms with van der Waals surface area (Å²) in [5.41, 5.74) is 0.578. The molecule has 0 rings (SSSR count). The van der Waals surface area contributed by atoms with Crippen LogP contribution in [0.5, 0.6) is 0 Å². The largest absolute Gasteiger partial charge is 0.367 e. The van der Waals surface area contributed by atoms with E-state index >= 15 is 0 Å². The van der Waals surface area contributed by atoms with Gasteiger partial charge in [0.25, 0.3) is 0 Å². The Labute approximate surface area is 91.1 Å². The summed E-state index contributed by atoms with van der Waals surface area (Å²) in [4.78, 5) is 11.1. The van der Waals surface area contributed by atoms with Gasteiger partial charge in [0.05, 0.1) is 0 Å². The molecule has 0 N–H and O–H groups in total. The maximum Gasteiger partial charge on any atom is 0.217 e. The van der Waals surface area contributed by atoms with Gasteiger partial charge >= 0.3 is 0 Å². The normalized spacial score (nSPS) is 14.9. The number of hydrogen-bond donors (Lipinski definition) is 0. The molecule has 0 spiro atoms. The molecule has 0 aliphatic heterocycles. The van der Waals surface area contributed by atoms with Crippen LogP contribution in [0.25, 0.3) is 0 Å². The molecule has 14 heavy (non-hydrogen) atoms. The van der Waals surface area contributed by atoms with Gasteiger partial charge in [-0.25, -0.2) is 0 Å². The van der Waals surface area contributed by atoms with Gasteiger partial charge in [-0.3, -0.25) is 4.79 Å². The number of rotatable bonds is 6. The van der Waals surface area contributed by atoms with E-state index < -0.39 is 4.93 Å². The van der Waals surface area contributed by atoms with Crippen LogP contribution >= 0.6 is 11.8 Å². The lowest BCUT2D eigenvalue weighted by Crippen LogP contribution is -2.24. The van der Waals surface area contributed by atoms with Gasteiger partial charge in [0.15, 0.2) is 0 Å². The number of thioether (sulfide) groups is 1. The average molecular weight is 216 g/mol. The lowest BCUT2D eigenvalue weighted by molar-refractivity contribution is -0.108. The molecule has 0 aromatic heterocycles. The number of ether oxygens (including phenoxy) is 1. The van der Waals surface area contributed by atoms with Gasteiger partial charge in [-0.05, 0) is 44.0 Å². The summed E-state index contributed by atoms with van der Waals surface area (Å²) in [6.45, 7) is 9.43. The quantitative estimate of drug-likeness (QED) is 0.503. The van der Waals surface area contributed by atoms with Crippen molar-refractivity contribution in [1.29, 1.82) is 0 Å². The summed E-state index contributed by atoms with van der Waals surface area (Å²) in [5.74, 6) is 0. The molecular weight excluding hydrogens is 196 g/mol. The number of carbonyl (C=O) groups excluding carboxylic acids is 1. The molecule has 2 nitrogen and oxygen atoms in total. The molecule has 1 atom stereocenters. The van der Waals surface area contributed by atoms with Crippen LogP contribution in [0.1, 0.15) is 40.0 Å². The Kier molecular flexibility index (Phi) is 6.12. The molecule has 0 heterocycles. The Hall–Kier alpha value is -0.280. The minimum atomic E-state index is -0.397. The molecule has 0 saturated carbocycles. The summed E-state index contributed by atoms with van der Waals surface area (Å²) in [7, 11) is 1.65. The van der Waals surface area contributed by atoms with Crippen molar-refractivity contribution in [2.45, 2.75) is 45.0 Å². The smallest absolute Gasteiger partial charge is 0.217 e. The molecule has 82 valence electrons. The first kappa shape index (κ1) is 13.7. The van der Waals surface area contributed by atoms with Crippen molar-refractivity contribution in [3.8, 4) is 0 Å². The summed E-state index contributed by atoms with van der Waals surface area (Å²) >= 11 is 1.23. The Balaban J connectivity index is 4.24. The van der Waals surface area contributed by atoms with Crippen LogP contribution in [0.3, 0.4) is 0 Å². The maximum absolute atomic E-state index is 11.5. The van der Waals surface area contributed by atoms with Crippen LogP contribution in [-0.2, 0) is 9.53 Å². The van der Waals surface area contributed by atoms with Crippen molar-refractivity contribution in [2.24, 2.45) is 0 Å². The van der Waals surface area contributed by atoms with Gasteiger partial charge in [-0.15, -0.1) is 0 Å². The SMILES string of the molecule is C=C(C)C(=O)SC(C)(CCCC)OC. The Morgan fingerprint density at radius 2 is 2.14 bits per heavy atom. The van der Waals surface area contributed by atoms with E-state index in [4.69, 9.17) is 4.74 Å². The monoisotopic (exact) mass is 216 g/mol. The van der Waals surface area contributed by atoms with Gasteiger partial charge in [0.1, 0.15) is 4.93 Å². The van der Waals surface area contributed by atoms with E-state index in [1.807, 2.05) is 6.92 Å². The van der Waals surface area contributed by atoms with Gasteiger partial charge in [-0.2, -0.15) is 0 Å². The lowest BCUT2D eigenvalue weighted by atomic mass is 10.2. The van der Waals surface area contributed by atoms with Gasteiger partial charge in [0.2, 0.25) is 5.12 Å². The molecule has 0 amide bonds. The molecule has 0 aliphatic rings. The third kappa shape index (κ3) is 4.82. The van der Waals surface area contributed by atoms with E-state index in [1.165, 1.54) is 11.8 Å². The van der Waals surface area contributed by atoms with E-state index in [9.17, 15) is 4.79 Å². The van der Waals surface area contributed by atoms with E-state index in [0.29, 0.717) is 5.57 Å². The molecule has 0 aromatic rings. The van der Waals surface area contributed by atoms with Crippen LogP contribution in [-0.4, -0.2) is 17.2 Å². The summed E-state index contributed by atoms with van der Waals surface area (Å²) in [6, 6.07) is 0. The Bertz CT molecular complexity index is 213. The molecular formula is C11H20O2S.